The summed E-state index contributed by atoms with van der Waals surface area (Å²) in [5.41, 5.74) is 7.53. The Bertz CT molecular complexity index is 1710. The van der Waals surface area contributed by atoms with Crippen molar-refractivity contribution in [3.05, 3.63) is 87.3 Å². The first-order valence-electron chi connectivity index (χ1n) is 14.0. The second-order valence-corrected chi connectivity index (χ2v) is 11.2. The number of hydroxylamine groups is 1. The summed E-state index contributed by atoms with van der Waals surface area (Å²) in [5.74, 6) is 0.112. The molecule has 42 heavy (non-hydrogen) atoms. The third kappa shape index (κ3) is 5.78. The Balaban J connectivity index is 1.29. The number of piperidine rings is 1. The van der Waals surface area contributed by atoms with Gasteiger partial charge >= 0.3 is 0 Å². The van der Waals surface area contributed by atoms with Crippen molar-refractivity contribution in [2.45, 2.75) is 38.0 Å². The zero-order valence-corrected chi connectivity index (χ0v) is 24.0. The number of likely N-dealkylation sites (tertiary alicyclic amines) is 1. The van der Waals surface area contributed by atoms with Crippen LogP contribution in [0.15, 0.2) is 59.7 Å². The predicted octanol–water partition coefficient (Wildman–Crippen LogP) is 4.25. The fraction of sp³-hybridized carbons (Fsp3) is 0.323. The molecule has 2 aromatic carbocycles. The Morgan fingerprint density at radius 2 is 1.83 bits per heavy atom. The maximum absolute atomic E-state index is 13.3. The van der Waals surface area contributed by atoms with Gasteiger partial charge in [-0.2, -0.15) is 4.98 Å². The molecular weight excluding hydrogens is 556 g/mol. The van der Waals surface area contributed by atoms with E-state index in [0.29, 0.717) is 24.1 Å². The van der Waals surface area contributed by atoms with Gasteiger partial charge in [-0.1, -0.05) is 18.2 Å². The lowest BCUT2D eigenvalue weighted by atomic mass is 9.89. The van der Waals surface area contributed by atoms with Crippen LogP contribution in [0.3, 0.4) is 0 Å². The highest BCUT2D eigenvalue weighted by atomic mass is 35.5. The molecule has 3 heterocycles. The fourth-order valence-corrected chi connectivity index (χ4v) is 6.12. The summed E-state index contributed by atoms with van der Waals surface area (Å²) in [6, 6.07) is 14.3. The molecule has 0 spiro atoms. The molecule has 2 aliphatic rings. The highest BCUT2D eigenvalue weighted by Crippen LogP contribution is 2.30. The maximum Gasteiger partial charge on any atom is 0.280 e. The van der Waals surface area contributed by atoms with Gasteiger partial charge in [0.1, 0.15) is 5.56 Å². The van der Waals surface area contributed by atoms with Crippen LogP contribution in [-0.4, -0.2) is 57.3 Å². The van der Waals surface area contributed by atoms with Crippen LogP contribution >= 0.6 is 11.6 Å². The topological polar surface area (TPSA) is 118 Å². The van der Waals surface area contributed by atoms with Gasteiger partial charge < -0.3 is 9.88 Å². The van der Waals surface area contributed by atoms with E-state index < -0.39 is 11.3 Å². The number of carbonyl (C=O) groups excluding carboxylic acids is 2. The van der Waals surface area contributed by atoms with E-state index in [1.165, 1.54) is 36.2 Å². The Morgan fingerprint density at radius 3 is 2.57 bits per heavy atom. The Morgan fingerprint density at radius 1 is 1.07 bits per heavy atom. The van der Waals surface area contributed by atoms with Gasteiger partial charge in [-0.25, -0.2) is 10.5 Å². The minimum atomic E-state index is -0.639. The number of hydrogen-bond acceptors (Lipinski definition) is 8. The summed E-state index contributed by atoms with van der Waals surface area (Å²) >= 11 is 5.54. The molecule has 0 unspecified atom stereocenters. The van der Waals surface area contributed by atoms with Crippen LogP contribution in [0.1, 0.15) is 52.2 Å². The first kappa shape index (κ1) is 28.0. The van der Waals surface area contributed by atoms with E-state index >= 15 is 0 Å². The first-order valence-corrected chi connectivity index (χ1v) is 14.4. The van der Waals surface area contributed by atoms with Crippen molar-refractivity contribution in [3.63, 3.8) is 0 Å². The van der Waals surface area contributed by atoms with E-state index in [1.54, 1.807) is 4.57 Å². The number of fused-ring (bicyclic) bond motifs is 2. The van der Waals surface area contributed by atoms with Crippen molar-refractivity contribution in [2.75, 3.05) is 32.1 Å². The molecule has 0 bridgehead atoms. The van der Waals surface area contributed by atoms with Gasteiger partial charge in [-0.3, -0.25) is 24.1 Å². The van der Waals surface area contributed by atoms with Gasteiger partial charge in [-0.05, 0) is 104 Å². The van der Waals surface area contributed by atoms with Gasteiger partial charge in [0, 0.05) is 23.8 Å². The molecule has 1 amide bonds. The number of amides is 1. The molecular formula is C31H31ClN6O4. The van der Waals surface area contributed by atoms with E-state index in [4.69, 9.17) is 21.4 Å². The minimum absolute atomic E-state index is 0.0650. The van der Waals surface area contributed by atoms with Crippen LogP contribution in [0.25, 0.3) is 16.7 Å². The third-order valence-electron chi connectivity index (χ3n) is 8.12. The van der Waals surface area contributed by atoms with Gasteiger partial charge in [0.25, 0.3) is 5.91 Å². The van der Waals surface area contributed by atoms with E-state index in [9.17, 15) is 14.4 Å². The van der Waals surface area contributed by atoms with Crippen molar-refractivity contribution in [1.82, 2.24) is 24.9 Å². The number of rotatable bonds is 8. The molecule has 2 N–H and O–H groups in total. The second-order valence-electron chi connectivity index (χ2n) is 10.8. The summed E-state index contributed by atoms with van der Waals surface area (Å²) in [7, 11) is 1.32. The summed E-state index contributed by atoms with van der Waals surface area (Å²) in [4.78, 5) is 53.2. The van der Waals surface area contributed by atoms with E-state index in [0.717, 1.165) is 56.6 Å². The molecule has 0 saturated carbocycles. The number of aromatic nitrogens is 3. The molecule has 4 aromatic rings. The highest BCUT2D eigenvalue weighted by molar-refractivity contribution is 6.64. The highest BCUT2D eigenvalue weighted by Gasteiger charge is 2.22. The SMILES string of the molecule is CONC(=O)c1cn(-c2ccc3c(c2)CCC3)c2nc(Nc3ccc(C4CCN(CC(=O)Cl)CC4)cc3)ncc2c1=O. The smallest absolute Gasteiger partial charge is 0.280 e. The van der Waals surface area contributed by atoms with Crippen LogP contribution in [-0.2, 0) is 22.5 Å². The Labute approximate surface area is 247 Å². The largest absolute Gasteiger partial charge is 0.324 e. The second kappa shape index (κ2) is 12.0. The van der Waals surface area contributed by atoms with E-state index in [1.807, 2.05) is 18.2 Å². The lowest BCUT2D eigenvalue weighted by molar-refractivity contribution is -0.113. The van der Waals surface area contributed by atoms with Gasteiger partial charge in [-0.15, -0.1) is 0 Å². The molecule has 216 valence electrons. The first-order chi connectivity index (χ1) is 20.4. The molecule has 0 radical (unpaired) electrons. The van der Waals surface area contributed by atoms with Gasteiger partial charge in [0.05, 0.1) is 19.0 Å². The average Bonchev–Trinajstić information content (AvgIpc) is 3.46. The lowest BCUT2D eigenvalue weighted by Gasteiger charge is -2.31. The maximum atomic E-state index is 13.3. The minimum Gasteiger partial charge on any atom is -0.324 e. The molecule has 2 aromatic heterocycles. The summed E-state index contributed by atoms with van der Waals surface area (Å²) < 4.78 is 1.76. The number of pyridine rings is 1. The van der Waals surface area contributed by atoms with Crippen molar-refractivity contribution < 1.29 is 14.4 Å². The molecule has 1 aliphatic carbocycles. The average molecular weight is 587 g/mol. The molecule has 1 fully saturated rings. The predicted molar refractivity (Wildman–Crippen MR) is 161 cm³/mol. The number of nitrogens with zero attached hydrogens (tertiary/aromatic N) is 4. The third-order valence-corrected chi connectivity index (χ3v) is 8.24. The molecule has 6 rings (SSSR count). The van der Waals surface area contributed by atoms with Gasteiger partial charge in [0.2, 0.25) is 16.6 Å². The van der Waals surface area contributed by atoms with Gasteiger partial charge in [0.15, 0.2) is 5.65 Å². The molecule has 10 nitrogen and oxygen atoms in total. The summed E-state index contributed by atoms with van der Waals surface area (Å²) in [6.45, 7) is 1.98. The van der Waals surface area contributed by atoms with Crippen molar-refractivity contribution >= 4 is 45.4 Å². The molecule has 0 atom stereocenters. The summed E-state index contributed by atoms with van der Waals surface area (Å²) in [6.07, 6.45) is 8.04. The van der Waals surface area contributed by atoms with Crippen molar-refractivity contribution in [1.29, 1.82) is 0 Å². The van der Waals surface area contributed by atoms with Crippen molar-refractivity contribution in [3.8, 4) is 5.69 Å². The Kier molecular flexibility index (Phi) is 8.01. The van der Waals surface area contributed by atoms with E-state index in [2.05, 4.69) is 44.9 Å². The monoisotopic (exact) mass is 586 g/mol. The van der Waals surface area contributed by atoms with Crippen LogP contribution in [0.2, 0.25) is 0 Å². The van der Waals surface area contributed by atoms with Crippen LogP contribution in [0.4, 0.5) is 11.6 Å². The molecule has 11 heteroatoms. The molecule has 1 aliphatic heterocycles. The number of hydrogen-bond donors (Lipinski definition) is 2. The van der Waals surface area contributed by atoms with Crippen molar-refractivity contribution in [2.24, 2.45) is 0 Å². The zero-order chi connectivity index (χ0) is 29.2. The standard InChI is InChI=1S/C31H31ClN6O4/c1-42-36-30(41)26-17-38(24-10-7-19-3-2-4-22(19)15-24)29-25(28(26)40)16-33-31(35-29)34-23-8-5-20(6-9-23)21-11-13-37(14-12-21)18-27(32)39/h5-10,15-17,21H,2-4,11-14,18H2,1H3,(H,36,41)(H,33,34,35). The number of benzene rings is 2. The normalized spacial score (nSPS) is 15.5. The van der Waals surface area contributed by atoms with Crippen LogP contribution in [0.5, 0.6) is 0 Å². The van der Waals surface area contributed by atoms with Crippen LogP contribution < -0.4 is 16.2 Å². The quantitative estimate of drug-likeness (QED) is 0.232. The fourth-order valence-electron chi connectivity index (χ4n) is 5.95. The van der Waals surface area contributed by atoms with E-state index in [-0.39, 0.29) is 16.2 Å². The number of anilines is 2. The number of aryl methyl sites for hydroxylation is 2. The number of carbonyl (C=O) groups is 2. The molecule has 1 saturated heterocycles. The number of halogens is 1. The zero-order valence-electron chi connectivity index (χ0n) is 23.2. The number of nitrogens with one attached hydrogen (secondary N) is 2. The lowest BCUT2D eigenvalue weighted by Crippen LogP contribution is -2.35. The van der Waals surface area contributed by atoms with Crippen LogP contribution in [0, 0.1) is 0 Å². The summed E-state index contributed by atoms with van der Waals surface area (Å²) in [5, 5.41) is 3.16. The Hall–Kier alpha value is -4.12.